The molecular formula is C14H18O3. The molecule has 0 aromatic heterocycles. The van der Waals surface area contributed by atoms with E-state index < -0.39 is 6.16 Å². The highest BCUT2D eigenvalue weighted by Crippen LogP contribution is 2.70. The van der Waals surface area contributed by atoms with E-state index in [9.17, 15) is 4.79 Å². The molecule has 4 saturated carbocycles. The average molecular weight is 234 g/mol. The van der Waals surface area contributed by atoms with Crippen molar-refractivity contribution in [1.82, 2.24) is 0 Å². The highest BCUT2D eigenvalue weighted by Gasteiger charge is 2.70. The van der Waals surface area contributed by atoms with Gasteiger partial charge in [-0.2, -0.15) is 0 Å². The summed E-state index contributed by atoms with van der Waals surface area (Å²) in [5.74, 6) is 5.71. The molecule has 0 aromatic carbocycles. The van der Waals surface area contributed by atoms with Crippen LogP contribution in [0.15, 0.2) is 0 Å². The Hall–Kier alpha value is -0.730. The SMILES string of the molecule is CC1CC2CC1C1C3CC(C4OC(=O)OC34)C21. The lowest BCUT2D eigenvalue weighted by Gasteiger charge is -2.40. The van der Waals surface area contributed by atoms with Gasteiger partial charge in [0.1, 0.15) is 12.2 Å². The van der Waals surface area contributed by atoms with E-state index in [1.54, 1.807) is 0 Å². The van der Waals surface area contributed by atoms with Crippen LogP contribution in [0.25, 0.3) is 0 Å². The van der Waals surface area contributed by atoms with Gasteiger partial charge < -0.3 is 9.47 Å². The average Bonchev–Trinajstić information content (AvgIpc) is 2.94. The summed E-state index contributed by atoms with van der Waals surface area (Å²) in [6.07, 6.45) is 3.94. The smallest absolute Gasteiger partial charge is 0.427 e. The van der Waals surface area contributed by atoms with Crippen molar-refractivity contribution < 1.29 is 14.3 Å². The molecular weight excluding hydrogens is 216 g/mol. The summed E-state index contributed by atoms with van der Waals surface area (Å²) >= 11 is 0. The molecule has 1 aliphatic heterocycles. The van der Waals surface area contributed by atoms with Crippen LogP contribution in [0, 0.1) is 41.4 Å². The minimum Gasteiger partial charge on any atom is -0.427 e. The largest absolute Gasteiger partial charge is 0.509 e. The molecule has 17 heavy (non-hydrogen) atoms. The molecule has 5 rings (SSSR count). The zero-order valence-electron chi connectivity index (χ0n) is 10.0. The van der Waals surface area contributed by atoms with Crippen LogP contribution in [0.4, 0.5) is 4.79 Å². The third-order valence-corrected chi connectivity index (χ3v) is 6.63. The lowest BCUT2D eigenvalue weighted by molar-refractivity contribution is -0.00240. The number of hydrogen-bond acceptors (Lipinski definition) is 3. The maximum atomic E-state index is 11.3. The van der Waals surface area contributed by atoms with Crippen LogP contribution in [0.2, 0.25) is 0 Å². The zero-order chi connectivity index (χ0) is 11.3. The Balaban J connectivity index is 1.55. The summed E-state index contributed by atoms with van der Waals surface area (Å²) in [6, 6.07) is 0. The lowest BCUT2D eigenvalue weighted by Crippen LogP contribution is -2.43. The minimum absolute atomic E-state index is 0.111. The fraction of sp³-hybridized carbons (Fsp3) is 0.929. The van der Waals surface area contributed by atoms with Crippen molar-refractivity contribution >= 4 is 6.16 Å². The number of carbonyl (C=O) groups excluding carboxylic acids is 1. The van der Waals surface area contributed by atoms with Crippen LogP contribution >= 0.6 is 0 Å². The second-order valence-electron chi connectivity index (χ2n) is 7.01. The molecule has 0 amide bonds. The summed E-state index contributed by atoms with van der Waals surface area (Å²) < 4.78 is 10.8. The third-order valence-electron chi connectivity index (χ3n) is 6.63. The molecule has 5 aliphatic rings. The molecule has 9 unspecified atom stereocenters. The van der Waals surface area contributed by atoms with Crippen molar-refractivity contribution in [3.05, 3.63) is 0 Å². The quantitative estimate of drug-likeness (QED) is 0.477. The first-order chi connectivity index (χ1) is 8.24. The van der Waals surface area contributed by atoms with Gasteiger partial charge in [-0.3, -0.25) is 0 Å². The van der Waals surface area contributed by atoms with Crippen LogP contribution in [0.5, 0.6) is 0 Å². The minimum atomic E-state index is -0.407. The maximum Gasteiger partial charge on any atom is 0.509 e. The van der Waals surface area contributed by atoms with Gasteiger partial charge in [-0.05, 0) is 48.9 Å². The van der Waals surface area contributed by atoms with E-state index in [1.807, 2.05) is 0 Å². The van der Waals surface area contributed by atoms with Crippen LogP contribution in [0.3, 0.4) is 0 Å². The molecule has 3 heteroatoms. The Labute approximate surface area is 101 Å². The normalized spacial score (nSPS) is 65.7. The van der Waals surface area contributed by atoms with Crippen molar-refractivity contribution in [3.8, 4) is 0 Å². The highest BCUT2D eigenvalue weighted by atomic mass is 16.8. The molecule has 0 aromatic rings. The fourth-order valence-corrected chi connectivity index (χ4v) is 6.40. The van der Waals surface area contributed by atoms with Crippen molar-refractivity contribution in [1.29, 1.82) is 0 Å². The molecule has 1 heterocycles. The molecule has 0 N–H and O–H groups in total. The van der Waals surface area contributed by atoms with Crippen molar-refractivity contribution in [2.24, 2.45) is 41.4 Å². The summed E-state index contributed by atoms with van der Waals surface area (Å²) in [7, 11) is 0. The number of carbonyl (C=O) groups is 1. The van der Waals surface area contributed by atoms with Gasteiger partial charge in [0.05, 0.1) is 0 Å². The predicted octanol–water partition coefficient (Wildman–Crippen LogP) is 2.45. The van der Waals surface area contributed by atoms with Gasteiger partial charge in [0.2, 0.25) is 0 Å². The number of fused-ring (bicyclic) bond motifs is 12. The molecule has 92 valence electrons. The summed E-state index contributed by atoms with van der Waals surface area (Å²) in [5, 5.41) is 0. The zero-order valence-corrected chi connectivity index (χ0v) is 10.0. The maximum absolute atomic E-state index is 11.3. The Morgan fingerprint density at radius 2 is 1.65 bits per heavy atom. The van der Waals surface area contributed by atoms with Gasteiger partial charge in [0, 0.05) is 11.8 Å². The predicted molar refractivity (Wildman–Crippen MR) is 59.1 cm³/mol. The van der Waals surface area contributed by atoms with Gasteiger partial charge in [-0.1, -0.05) is 6.92 Å². The highest BCUT2D eigenvalue weighted by molar-refractivity contribution is 5.63. The monoisotopic (exact) mass is 234 g/mol. The van der Waals surface area contributed by atoms with E-state index in [4.69, 9.17) is 9.47 Å². The van der Waals surface area contributed by atoms with Crippen molar-refractivity contribution in [2.45, 2.75) is 38.4 Å². The van der Waals surface area contributed by atoms with Crippen molar-refractivity contribution in [3.63, 3.8) is 0 Å². The van der Waals surface area contributed by atoms with Gasteiger partial charge in [0.25, 0.3) is 0 Å². The first kappa shape index (κ1) is 9.23. The molecule has 0 spiro atoms. The van der Waals surface area contributed by atoms with Crippen LogP contribution in [-0.4, -0.2) is 18.4 Å². The fourth-order valence-electron chi connectivity index (χ4n) is 6.40. The standard InChI is InChI=1S/C14H18O3/c1-5-2-6-3-7(5)11-9-4-8(10(6)11)12-13(9)17-14(15)16-12/h5-13H,2-4H2,1H3. The van der Waals surface area contributed by atoms with Gasteiger partial charge in [-0.25, -0.2) is 4.79 Å². The van der Waals surface area contributed by atoms with Gasteiger partial charge in [0.15, 0.2) is 0 Å². The summed E-state index contributed by atoms with van der Waals surface area (Å²) in [4.78, 5) is 11.3. The molecule has 3 nitrogen and oxygen atoms in total. The van der Waals surface area contributed by atoms with Gasteiger partial charge >= 0.3 is 6.16 Å². The Kier molecular flexibility index (Phi) is 1.44. The second kappa shape index (κ2) is 2.65. The molecule has 4 bridgehead atoms. The third kappa shape index (κ3) is 0.880. The number of rotatable bonds is 0. The molecule has 4 aliphatic carbocycles. The van der Waals surface area contributed by atoms with Crippen molar-refractivity contribution in [2.75, 3.05) is 0 Å². The van der Waals surface area contributed by atoms with Crippen LogP contribution in [-0.2, 0) is 9.47 Å². The Morgan fingerprint density at radius 3 is 2.41 bits per heavy atom. The molecule has 9 atom stereocenters. The van der Waals surface area contributed by atoms with E-state index in [-0.39, 0.29) is 12.2 Å². The first-order valence-corrected chi connectivity index (χ1v) is 7.11. The second-order valence-corrected chi connectivity index (χ2v) is 7.01. The first-order valence-electron chi connectivity index (χ1n) is 7.11. The van der Waals surface area contributed by atoms with E-state index in [1.165, 1.54) is 19.3 Å². The summed E-state index contributed by atoms with van der Waals surface area (Å²) in [5.41, 5.74) is 0. The van der Waals surface area contributed by atoms with E-state index in [2.05, 4.69) is 6.92 Å². The van der Waals surface area contributed by atoms with E-state index >= 15 is 0 Å². The lowest BCUT2D eigenvalue weighted by atomic mass is 9.66. The Morgan fingerprint density at radius 1 is 0.941 bits per heavy atom. The molecule has 1 saturated heterocycles. The Bertz CT molecular complexity index is 406. The number of hydrogen-bond donors (Lipinski definition) is 0. The molecule has 0 radical (unpaired) electrons. The van der Waals surface area contributed by atoms with E-state index in [0.717, 1.165) is 29.6 Å². The summed E-state index contributed by atoms with van der Waals surface area (Å²) in [6.45, 7) is 2.42. The number of ether oxygens (including phenoxy) is 2. The van der Waals surface area contributed by atoms with E-state index in [0.29, 0.717) is 11.8 Å². The van der Waals surface area contributed by atoms with Crippen LogP contribution < -0.4 is 0 Å². The van der Waals surface area contributed by atoms with Crippen LogP contribution in [0.1, 0.15) is 26.2 Å². The molecule has 5 fully saturated rings. The van der Waals surface area contributed by atoms with Gasteiger partial charge in [-0.15, -0.1) is 0 Å². The topological polar surface area (TPSA) is 35.5 Å².